The number of hydrogen-bond donors (Lipinski definition) is 1. The Morgan fingerprint density at radius 3 is 2.78 bits per heavy atom. The molecule has 2 aromatic rings. The maximum atomic E-state index is 12.1. The van der Waals surface area contributed by atoms with Crippen molar-refractivity contribution >= 4 is 29.5 Å². The molecule has 0 spiro atoms. The lowest BCUT2D eigenvalue weighted by molar-refractivity contribution is -0.138. The minimum absolute atomic E-state index is 0.120. The van der Waals surface area contributed by atoms with Crippen LogP contribution in [0, 0.1) is 11.3 Å². The summed E-state index contributed by atoms with van der Waals surface area (Å²) in [4.78, 5) is 24.5. The molecular weight excluding hydrogens is 370 g/mol. The largest absolute Gasteiger partial charge is 0.513 e. The summed E-state index contributed by atoms with van der Waals surface area (Å²) in [5.74, 6) is -1.18. The van der Waals surface area contributed by atoms with E-state index in [0.29, 0.717) is 12.0 Å². The Balaban J connectivity index is 2.06. The van der Waals surface area contributed by atoms with Gasteiger partial charge in [-0.15, -0.1) is 11.3 Å². The van der Waals surface area contributed by atoms with E-state index in [1.54, 1.807) is 24.3 Å². The molecule has 1 heterocycles. The van der Waals surface area contributed by atoms with Crippen molar-refractivity contribution in [2.45, 2.75) is 13.3 Å². The van der Waals surface area contributed by atoms with Gasteiger partial charge in [0, 0.05) is 11.3 Å². The zero-order valence-corrected chi connectivity index (χ0v) is 15.3. The molecule has 0 aliphatic rings. The van der Waals surface area contributed by atoms with Crippen LogP contribution in [0.4, 0.5) is 4.79 Å². The number of aromatic hydroxyl groups is 1. The first kappa shape index (κ1) is 20.0. The molecule has 0 aliphatic heterocycles. The summed E-state index contributed by atoms with van der Waals surface area (Å²) < 4.78 is 14.6. The van der Waals surface area contributed by atoms with Crippen molar-refractivity contribution in [1.29, 1.82) is 5.26 Å². The Hall–Kier alpha value is -3.31. The van der Waals surface area contributed by atoms with Crippen molar-refractivity contribution in [2.24, 2.45) is 0 Å². The third-order valence-corrected chi connectivity index (χ3v) is 4.19. The summed E-state index contributed by atoms with van der Waals surface area (Å²) in [6.45, 7) is 1.89. The molecule has 0 saturated carbocycles. The van der Waals surface area contributed by atoms with E-state index >= 15 is 0 Å². The number of carbonyl (C=O) groups excluding carboxylic acids is 2. The molecule has 0 saturated heterocycles. The highest BCUT2D eigenvalue weighted by Gasteiger charge is 2.13. The molecular formula is C19H17NO6S. The molecule has 0 atom stereocenters. The van der Waals surface area contributed by atoms with Crippen molar-refractivity contribution in [3.05, 3.63) is 51.7 Å². The Bertz CT molecular complexity index is 867. The summed E-state index contributed by atoms with van der Waals surface area (Å²) in [7, 11) is 0. The van der Waals surface area contributed by atoms with E-state index in [9.17, 15) is 20.0 Å². The Kier molecular flexibility index (Phi) is 7.40. The van der Waals surface area contributed by atoms with Crippen molar-refractivity contribution in [1.82, 2.24) is 0 Å². The molecule has 0 amide bonds. The lowest BCUT2D eigenvalue weighted by atomic mass is 10.1. The average molecular weight is 387 g/mol. The number of phenolic OH excluding ortho intramolecular Hbond substituents is 1. The number of phenols is 1. The molecule has 0 aliphatic carbocycles. The van der Waals surface area contributed by atoms with E-state index in [-0.39, 0.29) is 30.3 Å². The van der Waals surface area contributed by atoms with Crippen LogP contribution in [0.25, 0.3) is 6.08 Å². The molecule has 27 heavy (non-hydrogen) atoms. The fraction of sp³-hybridized carbons (Fsp3) is 0.211. The van der Waals surface area contributed by atoms with E-state index in [1.807, 2.05) is 17.5 Å². The summed E-state index contributed by atoms with van der Waals surface area (Å²) >= 11 is 1.56. The van der Waals surface area contributed by atoms with Gasteiger partial charge in [-0.05, 0) is 42.1 Å². The van der Waals surface area contributed by atoms with Crippen molar-refractivity contribution in [3.8, 4) is 17.6 Å². The molecule has 0 fully saturated rings. The highest BCUT2D eigenvalue weighted by atomic mass is 32.1. The number of thiophene rings is 1. The predicted octanol–water partition coefficient (Wildman–Crippen LogP) is 3.68. The summed E-state index contributed by atoms with van der Waals surface area (Å²) in [5.41, 5.74) is 0.160. The minimum atomic E-state index is -0.970. The van der Waals surface area contributed by atoms with Crippen LogP contribution in [0.1, 0.15) is 17.4 Å². The predicted molar refractivity (Wildman–Crippen MR) is 98.3 cm³/mol. The topological polar surface area (TPSA) is 106 Å². The molecule has 1 N–H and O–H groups in total. The van der Waals surface area contributed by atoms with Crippen LogP contribution >= 0.6 is 11.3 Å². The van der Waals surface area contributed by atoms with Gasteiger partial charge < -0.3 is 19.3 Å². The maximum Gasteiger partial charge on any atom is 0.513 e. The van der Waals surface area contributed by atoms with Gasteiger partial charge >= 0.3 is 12.1 Å². The smallest absolute Gasteiger partial charge is 0.504 e. The highest BCUT2D eigenvalue weighted by molar-refractivity contribution is 7.09. The standard InChI is InChI=1S/C19H17NO6S/c1-2-24-19(23)26-17-11-13(5-6-16(17)21)10-14(12-20)18(22)25-8-7-15-4-3-9-27-15/h3-6,9-11,21H,2,7-8H2,1H3/b14-10+. The first-order chi connectivity index (χ1) is 13.0. The fourth-order valence-corrected chi connectivity index (χ4v) is 2.71. The van der Waals surface area contributed by atoms with E-state index in [2.05, 4.69) is 4.74 Å². The Labute approximate surface area is 160 Å². The third-order valence-electron chi connectivity index (χ3n) is 3.25. The molecule has 0 bridgehead atoms. The third kappa shape index (κ3) is 6.17. The Morgan fingerprint density at radius 2 is 2.11 bits per heavy atom. The van der Waals surface area contributed by atoms with Gasteiger partial charge in [0.15, 0.2) is 11.5 Å². The van der Waals surface area contributed by atoms with Crippen LogP contribution < -0.4 is 4.74 Å². The number of carbonyl (C=O) groups is 2. The number of nitriles is 1. The van der Waals surface area contributed by atoms with Crippen molar-refractivity contribution in [2.75, 3.05) is 13.2 Å². The van der Waals surface area contributed by atoms with Gasteiger partial charge in [0.1, 0.15) is 11.6 Å². The van der Waals surface area contributed by atoms with Crippen LogP contribution in [0.15, 0.2) is 41.3 Å². The number of rotatable bonds is 7. The molecule has 8 heteroatoms. The SMILES string of the molecule is CCOC(=O)Oc1cc(/C=C(\C#N)C(=O)OCCc2cccs2)ccc1O. The summed E-state index contributed by atoms with van der Waals surface area (Å²) in [6.07, 6.45) is 0.881. The molecule has 140 valence electrons. The first-order valence-electron chi connectivity index (χ1n) is 8.02. The van der Waals surface area contributed by atoms with Gasteiger partial charge in [0.2, 0.25) is 0 Å². The van der Waals surface area contributed by atoms with Crippen LogP contribution in [-0.4, -0.2) is 30.4 Å². The molecule has 1 aromatic carbocycles. The van der Waals surface area contributed by atoms with Gasteiger partial charge in [0.25, 0.3) is 0 Å². The van der Waals surface area contributed by atoms with Crippen LogP contribution in [0.2, 0.25) is 0 Å². The van der Waals surface area contributed by atoms with Crippen molar-refractivity contribution in [3.63, 3.8) is 0 Å². The molecule has 7 nitrogen and oxygen atoms in total. The monoisotopic (exact) mass is 387 g/mol. The second-order valence-electron chi connectivity index (χ2n) is 5.15. The first-order valence-corrected chi connectivity index (χ1v) is 8.90. The lowest BCUT2D eigenvalue weighted by Crippen LogP contribution is -2.10. The van der Waals surface area contributed by atoms with Gasteiger partial charge in [-0.3, -0.25) is 0 Å². The fourth-order valence-electron chi connectivity index (χ4n) is 2.02. The second kappa shape index (κ2) is 9.99. The Morgan fingerprint density at radius 1 is 1.30 bits per heavy atom. The van der Waals surface area contributed by atoms with Gasteiger partial charge in [-0.2, -0.15) is 5.26 Å². The number of esters is 1. The number of hydrogen-bond acceptors (Lipinski definition) is 8. The van der Waals surface area contributed by atoms with Gasteiger partial charge in [-0.25, -0.2) is 9.59 Å². The van der Waals surface area contributed by atoms with Crippen LogP contribution in [0.3, 0.4) is 0 Å². The number of benzene rings is 1. The van der Waals surface area contributed by atoms with E-state index < -0.39 is 12.1 Å². The summed E-state index contributed by atoms with van der Waals surface area (Å²) in [6, 6.07) is 9.67. The van der Waals surface area contributed by atoms with E-state index in [4.69, 9.17) is 9.47 Å². The van der Waals surface area contributed by atoms with Gasteiger partial charge in [-0.1, -0.05) is 12.1 Å². The normalized spacial score (nSPS) is 10.7. The number of ether oxygens (including phenoxy) is 3. The zero-order chi connectivity index (χ0) is 19.6. The average Bonchev–Trinajstić information content (AvgIpc) is 3.15. The molecule has 0 radical (unpaired) electrons. The molecule has 2 rings (SSSR count). The van der Waals surface area contributed by atoms with E-state index in [0.717, 1.165) is 4.88 Å². The molecule has 1 aromatic heterocycles. The van der Waals surface area contributed by atoms with Crippen LogP contribution in [0.5, 0.6) is 11.5 Å². The van der Waals surface area contributed by atoms with Crippen molar-refractivity contribution < 1.29 is 28.9 Å². The zero-order valence-electron chi connectivity index (χ0n) is 14.5. The minimum Gasteiger partial charge on any atom is -0.504 e. The quantitative estimate of drug-likeness (QED) is 0.334. The maximum absolute atomic E-state index is 12.1. The molecule has 0 unspecified atom stereocenters. The second-order valence-corrected chi connectivity index (χ2v) is 6.18. The van der Waals surface area contributed by atoms with Crippen LogP contribution in [-0.2, 0) is 20.7 Å². The van der Waals surface area contributed by atoms with E-state index in [1.165, 1.54) is 24.3 Å². The number of nitrogens with zero attached hydrogens (tertiary/aromatic N) is 1. The highest BCUT2D eigenvalue weighted by Crippen LogP contribution is 2.28. The lowest BCUT2D eigenvalue weighted by Gasteiger charge is -2.07. The van der Waals surface area contributed by atoms with Gasteiger partial charge in [0.05, 0.1) is 13.2 Å². The summed E-state index contributed by atoms with van der Waals surface area (Å²) in [5, 5.41) is 20.9.